The van der Waals surface area contributed by atoms with Gasteiger partial charge in [0.2, 0.25) is 17.7 Å². The number of unbranched alkanes of at least 4 members (excludes halogenated alkanes) is 1. The van der Waals surface area contributed by atoms with E-state index in [1.165, 1.54) is 0 Å². The number of carboxylic acids is 1. The van der Waals surface area contributed by atoms with Crippen molar-refractivity contribution in [3.05, 3.63) is 0 Å². The molecule has 0 saturated carbocycles. The third-order valence-electron chi connectivity index (χ3n) is 4.68. The fraction of sp³-hybridized carbons (Fsp3) is 0.750. The number of rotatable bonds is 17. The van der Waals surface area contributed by atoms with Gasteiger partial charge >= 0.3 is 5.97 Å². The Morgan fingerprint density at radius 3 is 1.88 bits per heavy atom. The zero-order valence-corrected chi connectivity index (χ0v) is 19.5. The molecule has 13 heteroatoms. The van der Waals surface area contributed by atoms with Gasteiger partial charge in [0.05, 0.1) is 6.54 Å². The van der Waals surface area contributed by atoms with Crippen LogP contribution in [0.15, 0.2) is 4.99 Å². The summed E-state index contributed by atoms with van der Waals surface area (Å²) < 4.78 is 0. The molecule has 3 atom stereocenters. The van der Waals surface area contributed by atoms with Gasteiger partial charge in [-0.1, -0.05) is 13.8 Å². The zero-order valence-electron chi connectivity index (χ0n) is 19.5. The van der Waals surface area contributed by atoms with Gasteiger partial charge in [0, 0.05) is 6.54 Å². The molecule has 0 aromatic rings. The van der Waals surface area contributed by atoms with Crippen LogP contribution in [0.5, 0.6) is 0 Å². The summed E-state index contributed by atoms with van der Waals surface area (Å²) in [7, 11) is 0. The normalized spacial score (nSPS) is 13.5. The summed E-state index contributed by atoms with van der Waals surface area (Å²) in [6.07, 6.45) is 2.26. The molecule has 0 aromatic heterocycles. The lowest BCUT2D eigenvalue weighted by Gasteiger charge is -2.25. The minimum atomic E-state index is -1.16. The summed E-state index contributed by atoms with van der Waals surface area (Å²) in [5.41, 5.74) is 21.4. The van der Waals surface area contributed by atoms with Gasteiger partial charge in [0.1, 0.15) is 18.1 Å². The number of amides is 3. The topological polar surface area (TPSA) is 241 Å². The van der Waals surface area contributed by atoms with E-state index in [1.807, 2.05) is 13.8 Å². The number of aliphatic carboxylic acids is 1. The number of nitrogens with zero attached hydrogens (tertiary/aromatic N) is 1. The molecule has 0 saturated heterocycles. The largest absolute Gasteiger partial charge is 0.480 e. The molecule has 0 aliphatic carbocycles. The van der Waals surface area contributed by atoms with Crippen molar-refractivity contribution >= 4 is 29.7 Å². The van der Waals surface area contributed by atoms with Gasteiger partial charge in [-0.15, -0.1) is 0 Å². The Morgan fingerprint density at radius 1 is 0.848 bits per heavy atom. The van der Waals surface area contributed by atoms with Crippen LogP contribution in [0.25, 0.3) is 0 Å². The van der Waals surface area contributed by atoms with Crippen LogP contribution in [0.4, 0.5) is 0 Å². The molecule has 0 aliphatic heterocycles. The van der Waals surface area contributed by atoms with E-state index < -0.39 is 41.8 Å². The molecule has 13 nitrogen and oxygen atoms in total. The molecule has 0 aromatic carbocycles. The first kappa shape index (κ1) is 30.1. The van der Waals surface area contributed by atoms with E-state index in [0.717, 1.165) is 0 Å². The molecular formula is C20H40N8O5. The van der Waals surface area contributed by atoms with Crippen LogP contribution >= 0.6 is 0 Å². The Morgan fingerprint density at radius 2 is 1.39 bits per heavy atom. The van der Waals surface area contributed by atoms with E-state index in [4.69, 9.17) is 22.9 Å². The molecular weight excluding hydrogens is 432 g/mol. The van der Waals surface area contributed by atoms with Crippen LogP contribution in [0.3, 0.4) is 0 Å². The zero-order chi connectivity index (χ0) is 25.4. The van der Waals surface area contributed by atoms with Crippen molar-refractivity contribution < 1.29 is 24.3 Å². The highest BCUT2D eigenvalue weighted by atomic mass is 16.4. The molecule has 0 aliphatic rings. The summed E-state index contributed by atoms with van der Waals surface area (Å²) in [6.45, 7) is 4.03. The second-order valence-electron chi connectivity index (χ2n) is 8.15. The van der Waals surface area contributed by atoms with Crippen LogP contribution in [-0.4, -0.2) is 72.5 Å². The molecule has 33 heavy (non-hydrogen) atoms. The number of nitrogens with one attached hydrogen (secondary N) is 3. The number of carboxylic acid groups (broad SMARTS) is 1. The molecule has 0 heterocycles. The predicted octanol–water partition coefficient (Wildman–Crippen LogP) is -2.29. The number of carbonyl (C=O) groups is 4. The summed E-state index contributed by atoms with van der Waals surface area (Å²) in [5.74, 6) is -2.95. The van der Waals surface area contributed by atoms with Gasteiger partial charge in [0.15, 0.2) is 5.96 Å². The van der Waals surface area contributed by atoms with Gasteiger partial charge < -0.3 is 44.0 Å². The number of nitrogens with two attached hydrogens (primary N) is 4. The molecule has 0 spiro atoms. The first-order valence-electron chi connectivity index (χ1n) is 11.1. The monoisotopic (exact) mass is 472 g/mol. The molecule has 0 rings (SSSR count). The molecule has 0 fully saturated rings. The Balaban J connectivity index is 5.39. The van der Waals surface area contributed by atoms with Crippen molar-refractivity contribution in [1.29, 1.82) is 0 Å². The highest BCUT2D eigenvalue weighted by molar-refractivity contribution is 5.93. The smallest absolute Gasteiger partial charge is 0.326 e. The van der Waals surface area contributed by atoms with Crippen molar-refractivity contribution in [2.24, 2.45) is 33.8 Å². The average molecular weight is 473 g/mol. The van der Waals surface area contributed by atoms with Gasteiger partial charge in [-0.2, -0.15) is 0 Å². The molecule has 0 radical (unpaired) electrons. The third-order valence-corrected chi connectivity index (χ3v) is 4.68. The first-order valence-corrected chi connectivity index (χ1v) is 11.1. The lowest BCUT2D eigenvalue weighted by atomic mass is 10.0. The lowest BCUT2D eigenvalue weighted by molar-refractivity contribution is -0.142. The van der Waals surface area contributed by atoms with E-state index in [-0.39, 0.29) is 44.2 Å². The van der Waals surface area contributed by atoms with E-state index in [1.54, 1.807) is 0 Å². The van der Waals surface area contributed by atoms with Gasteiger partial charge in [0.25, 0.3) is 0 Å². The number of aliphatic imine (C=N–C) groups is 1. The van der Waals surface area contributed by atoms with E-state index >= 15 is 0 Å². The van der Waals surface area contributed by atoms with Crippen LogP contribution in [0.1, 0.15) is 52.4 Å². The Hall–Kier alpha value is -2.93. The van der Waals surface area contributed by atoms with Crippen molar-refractivity contribution in [3.63, 3.8) is 0 Å². The molecule has 12 N–H and O–H groups in total. The Labute approximate surface area is 194 Å². The average Bonchev–Trinajstić information content (AvgIpc) is 2.73. The summed E-state index contributed by atoms with van der Waals surface area (Å²) in [6, 6.07) is -3.04. The predicted molar refractivity (Wildman–Crippen MR) is 125 cm³/mol. The maximum absolute atomic E-state index is 12.9. The van der Waals surface area contributed by atoms with Gasteiger partial charge in [-0.05, 0) is 51.0 Å². The summed E-state index contributed by atoms with van der Waals surface area (Å²) in [5, 5.41) is 17.1. The number of carbonyl (C=O) groups excluding carboxylic acids is 3. The van der Waals surface area contributed by atoms with Crippen molar-refractivity contribution in [2.75, 3.05) is 19.6 Å². The van der Waals surface area contributed by atoms with Crippen LogP contribution < -0.4 is 38.9 Å². The summed E-state index contributed by atoms with van der Waals surface area (Å²) >= 11 is 0. The van der Waals surface area contributed by atoms with Crippen molar-refractivity contribution in [1.82, 2.24) is 16.0 Å². The Kier molecular flexibility index (Phi) is 15.2. The maximum Gasteiger partial charge on any atom is 0.326 e. The first-order chi connectivity index (χ1) is 15.5. The lowest BCUT2D eigenvalue weighted by Crippen LogP contribution is -2.56. The van der Waals surface area contributed by atoms with E-state index in [9.17, 15) is 24.3 Å². The third kappa shape index (κ3) is 14.0. The number of hydrogen-bond donors (Lipinski definition) is 8. The van der Waals surface area contributed by atoms with Crippen molar-refractivity contribution in [3.8, 4) is 0 Å². The highest BCUT2D eigenvalue weighted by Crippen LogP contribution is 2.08. The summed E-state index contributed by atoms with van der Waals surface area (Å²) in [4.78, 5) is 52.9. The highest BCUT2D eigenvalue weighted by Gasteiger charge is 2.29. The van der Waals surface area contributed by atoms with Gasteiger partial charge in [-0.3, -0.25) is 19.4 Å². The minimum absolute atomic E-state index is 0.0396. The quantitative estimate of drug-likeness (QED) is 0.0644. The SMILES string of the molecule is CC(C)CC(NC(=O)C(CCCCN)NC(=O)C(CCCN=C(N)N)NC(=O)CN)C(=O)O. The maximum atomic E-state index is 12.9. The van der Waals surface area contributed by atoms with Crippen LogP contribution in [-0.2, 0) is 19.2 Å². The second-order valence-corrected chi connectivity index (χ2v) is 8.15. The fourth-order valence-electron chi connectivity index (χ4n) is 3.02. The van der Waals surface area contributed by atoms with Crippen molar-refractivity contribution in [2.45, 2.75) is 70.5 Å². The fourth-order valence-corrected chi connectivity index (χ4v) is 3.02. The molecule has 190 valence electrons. The Bertz CT molecular complexity index is 667. The molecule has 3 unspecified atom stereocenters. The van der Waals surface area contributed by atoms with Gasteiger partial charge in [-0.25, -0.2) is 4.79 Å². The second kappa shape index (κ2) is 16.7. The molecule has 0 bridgehead atoms. The number of hydrogen-bond acceptors (Lipinski definition) is 7. The van der Waals surface area contributed by atoms with Crippen LogP contribution in [0, 0.1) is 5.92 Å². The minimum Gasteiger partial charge on any atom is -0.480 e. The number of guanidine groups is 1. The van der Waals surface area contributed by atoms with E-state index in [2.05, 4.69) is 20.9 Å². The van der Waals surface area contributed by atoms with E-state index in [0.29, 0.717) is 25.8 Å². The molecule has 3 amide bonds. The van der Waals surface area contributed by atoms with Crippen LogP contribution in [0.2, 0.25) is 0 Å². The standard InChI is InChI=1S/C20H40N8O5/c1-12(2)10-15(19(32)33)28-18(31)14(6-3-4-8-21)27-17(30)13(26-16(29)11-22)7-5-9-25-20(23)24/h12-15H,3-11,21-22H2,1-2H3,(H,26,29)(H,27,30)(H,28,31)(H,32,33)(H4,23,24,25).